The van der Waals surface area contributed by atoms with Gasteiger partial charge in [0, 0.05) is 50.7 Å². The standard InChI is InChI=1S/C19H19F5N4O/c20-15-4-3-14(10-16(15)21)26-17(29)12-28-8-6-27(7-9-28)11-13-2-1-5-25-18(13)19(22,23)24/h1-5,10H,6-9,11-12H2,(H,26,29). The summed E-state index contributed by atoms with van der Waals surface area (Å²) in [6, 6.07) is 5.98. The van der Waals surface area contributed by atoms with E-state index in [0.29, 0.717) is 26.2 Å². The number of nitrogens with zero attached hydrogens (tertiary/aromatic N) is 3. The lowest BCUT2D eigenvalue weighted by molar-refractivity contribution is -0.142. The van der Waals surface area contributed by atoms with Crippen LogP contribution in [0.1, 0.15) is 11.3 Å². The van der Waals surface area contributed by atoms with Crippen LogP contribution in [0, 0.1) is 11.6 Å². The molecular weight excluding hydrogens is 395 g/mol. The Hall–Kier alpha value is -2.59. The third-order valence-electron chi connectivity index (χ3n) is 4.59. The van der Waals surface area contributed by atoms with Crippen LogP contribution in [0.2, 0.25) is 0 Å². The quantitative estimate of drug-likeness (QED) is 0.764. The molecule has 1 aromatic heterocycles. The van der Waals surface area contributed by atoms with Crippen molar-refractivity contribution >= 4 is 11.6 Å². The molecule has 2 aromatic rings. The lowest BCUT2D eigenvalue weighted by Gasteiger charge is -2.34. The van der Waals surface area contributed by atoms with Crippen molar-refractivity contribution in [2.45, 2.75) is 12.7 Å². The Labute approximate surface area is 164 Å². The molecule has 0 unspecified atom stereocenters. The molecule has 1 saturated heterocycles. The Morgan fingerprint density at radius 1 is 1.03 bits per heavy atom. The molecule has 1 aliphatic rings. The van der Waals surface area contributed by atoms with Gasteiger partial charge in [-0.1, -0.05) is 6.07 Å². The van der Waals surface area contributed by atoms with Crippen molar-refractivity contribution in [1.29, 1.82) is 0 Å². The summed E-state index contributed by atoms with van der Waals surface area (Å²) in [5, 5.41) is 2.50. The lowest BCUT2D eigenvalue weighted by Crippen LogP contribution is -2.48. The molecule has 1 N–H and O–H groups in total. The van der Waals surface area contributed by atoms with E-state index in [1.54, 1.807) is 0 Å². The first-order valence-electron chi connectivity index (χ1n) is 8.93. The van der Waals surface area contributed by atoms with Crippen LogP contribution in [0.3, 0.4) is 0 Å². The van der Waals surface area contributed by atoms with Crippen molar-refractivity contribution in [3.8, 4) is 0 Å². The van der Waals surface area contributed by atoms with Gasteiger partial charge in [-0.25, -0.2) is 8.78 Å². The van der Waals surface area contributed by atoms with E-state index in [4.69, 9.17) is 0 Å². The zero-order valence-electron chi connectivity index (χ0n) is 15.3. The second-order valence-corrected chi connectivity index (χ2v) is 6.74. The highest BCUT2D eigenvalue weighted by Gasteiger charge is 2.35. The Morgan fingerprint density at radius 3 is 2.38 bits per heavy atom. The first-order valence-corrected chi connectivity index (χ1v) is 8.93. The fourth-order valence-electron chi connectivity index (χ4n) is 3.15. The molecule has 1 aromatic carbocycles. The first-order chi connectivity index (χ1) is 13.7. The second-order valence-electron chi connectivity index (χ2n) is 6.74. The number of nitrogens with one attached hydrogen (secondary N) is 1. The second kappa shape index (κ2) is 8.83. The number of hydrogen-bond acceptors (Lipinski definition) is 4. The number of benzene rings is 1. The molecule has 0 saturated carbocycles. The molecule has 29 heavy (non-hydrogen) atoms. The van der Waals surface area contributed by atoms with E-state index in [9.17, 15) is 26.7 Å². The number of amides is 1. The summed E-state index contributed by atoms with van der Waals surface area (Å²) in [5.41, 5.74) is -0.610. The van der Waals surface area contributed by atoms with Crippen LogP contribution in [0.5, 0.6) is 0 Å². The SMILES string of the molecule is O=C(CN1CCN(Cc2cccnc2C(F)(F)F)CC1)Nc1ccc(F)c(F)c1. The number of aromatic nitrogens is 1. The zero-order chi connectivity index (χ0) is 21.0. The number of anilines is 1. The minimum absolute atomic E-state index is 0.0491. The van der Waals surface area contributed by atoms with Gasteiger partial charge >= 0.3 is 6.18 Å². The minimum Gasteiger partial charge on any atom is -0.325 e. The van der Waals surface area contributed by atoms with Crippen LogP contribution in [0.15, 0.2) is 36.5 Å². The number of halogens is 5. The van der Waals surface area contributed by atoms with Gasteiger partial charge < -0.3 is 5.32 Å². The van der Waals surface area contributed by atoms with Crippen LogP contribution >= 0.6 is 0 Å². The third-order valence-corrected chi connectivity index (χ3v) is 4.59. The summed E-state index contributed by atoms with van der Waals surface area (Å²) in [5.74, 6) is -2.43. The van der Waals surface area contributed by atoms with E-state index < -0.39 is 23.5 Å². The normalized spacial score (nSPS) is 16.0. The number of alkyl halides is 3. The molecule has 1 amide bonds. The topological polar surface area (TPSA) is 48.5 Å². The van der Waals surface area contributed by atoms with Gasteiger partial charge in [-0.3, -0.25) is 19.6 Å². The van der Waals surface area contributed by atoms with E-state index in [2.05, 4.69) is 10.3 Å². The van der Waals surface area contributed by atoms with Crippen molar-refractivity contribution in [2.24, 2.45) is 0 Å². The molecule has 3 rings (SSSR count). The highest BCUT2D eigenvalue weighted by molar-refractivity contribution is 5.92. The highest BCUT2D eigenvalue weighted by Crippen LogP contribution is 2.30. The molecule has 10 heteroatoms. The summed E-state index contributed by atoms with van der Waals surface area (Å²) in [7, 11) is 0. The Balaban J connectivity index is 1.49. The van der Waals surface area contributed by atoms with Crippen molar-refractivity contribution in [3.05, 3.63) is 59.4 Å². The van der Waals surface area contributed by atoms with Crippen LogP contribution in [-0.4, -0.2) is 53.4 Å². The van der Waals surface area contributed by atoms with Crippen molar-refractivity contribution in [1.82, 2.24) is 14.8 Å². The number of carbonyl (C=O) groups is 1. The molecule has 0 radical (unpaired) electrons. The van der Waals surface area contributed by atoms with Gasteiger partial charge in [-0.15, -0.1) is 0 Å². The van der Waals surface area contributed by atoms with E-state index in [1.807, 2.05) is 9.80 Å². The number of rotatable bonds is 5. The van der Waals surface area contributed by atoms with Gasteiger partial charge in [0.15, 0.2) is 11.6 Å². The number of pyridine rings is 1. The van der Waals surface area contributed by atoms with Crippen LogP contribution in [0.4, 0.5) is 27.6 Å². The van der Waals surface area contributed by atoms with Crippen molar-refractivity contribution in [2.75, 3.05) is 38.0 Å². The molecule has 1 aliphatic heterocycles. The monoisotopic (exact) mass is 414 g/mol. The number of piperazine rings is 1. The molecular formula is C19H19F5N4O. The summed E-state index contributed by atoms with van der Waals surface area (Å²) >= 11 is 0. The predicted molar refractivity (Wildman–Crippen MR) is 95.9 cm³/mol. The van der Waals surface area contributed by atoms with Crippen LogP contribution in [0.25, 0.3) is 0 Å². The fourth-order valence-corrected chi connectivity index (χ4v) is 3.15. The largest absolute Gasteiger partial charge is 0.433 e. The van der Waals surface area contributed by atoms with E-state index in [0.717, 1.165) is 18.3 Å². The van der Waals surface area contributed by atoms with Gasteiger partial charge in [-0.2, -0.15) is 13.2 Å². The maximum atomic E-state index is 13.2. The lowest BCUT2D eigenvalue weighted by atomic mass is 10.1. The molecule has 156 valence electrons. The maximum absolute atomic E-state index is 13.2. The van der Waals surface area contributed by atoms with Gasteiger partial charge in [0.05, 0.1) is 6.54 Å². The number of hydrogen-bond donors (Lipinski definition) is 1. The Bertz CT molecular complexity index is 866. The molecule has 5 nitrogen and oxygen atoms in total. The zero-order valence-corrected chi connectivity index (χ0v) is 15.3. The first kappa shape index (κ1) is 21.1. The van der Waals surface area contributed by atoms with Gasteiger partial charge in [0.1, 0.15) is 5.69 Å². The summed E-state index contributed by atoms with van der Waals surface area (Å²) in [6.07, 6.45) is -3.38. The van der Waals surface area contributed by atoms with E-state index in [-0.39, 0.29) is 30.2 Å². The van der Waals surface area contributed by atoms with Gasteiger partial charge in [-0.05, 0) is 23.8 Å². The maximum Gasteiger partial charge on any atom is 0.433 e. The summed E-state index contributed by atoms with van der Waals surface area (Å²) < 4.78 is 65.3. The average molecular weight is 414 g/mol. The highest BCUT2D eigenvalue weighted by atomic mass is 19.4. The minimum atomic E-state index is -4.50. The fraction of sp³-hybridized carbons (Fsp3) is 0.368. The molecule has 0 bridgehead atoms. The van der Waals surface area contributed by atoms with Crippen molar-refractivity contribution < 1.29 is 26.7 Å². The predicted octanol–water partition coefficient (Wildman–Crippen LogP) is 3.13. The molecule has 0 atom stereocenters. The molecule has 0 aliphatic carbocycles. The molecule has 0 spiro atoms. The summed E-state index contributed by atoms with van der Waals surface area (Å²) in [6.45, 7) is 2.14. The summed E-state index contributed by atoms with van der Waals surface area (Å²) in [4.78, 5) is 19.3. The number of carbonyl (C=O) groups excluding carboxylic acids is 1. The molecule has 2 heterocycles. The van der Waals surface area contributed by atoms with Crippen LogP contribution in [-0.2, 0) is 17.5 Å². The van der Waals surface area contributed by atoms with Gasteiger partial charge in [0.25, 0.3) is 0 Å². The van der Waals surface area contributed by atoms with E-state index >= 15 is 0 Å². The Morgan fingerprint density at radius 2 is 1.72 bits per heavy atom. The van der Waals surface area contributed by atoms with Crippen molar-refractivity contribution in [3.63, 3.8) is 0 Å². The van der Waals surface area contributed by atoms with Gasteiger partial charge in [0.2, 0.25) is 5.91 Å². The van der Waals surface area contributed by atoms with Crippen LogP contribution < -0.4 is 5.32 Å². The smallest absolute Gasteiger partial charge is 0.325 e. The van der Waals surface area contributed by atoms with E-state index in [1.165, 1.54) is 18.2 Å². The third kappa shape index (κ3) is 5.70. The average Bonchev–Trinajstić information content (AvgIpc) is 2.66. The molecule has 1 fully saturated rings. The Kier molecular flexibility index (Phi) is 6.43.